The summed E-state index contributed by atoms with van der Waals surface area (Å²) < 4.78 is 0. The first-order chi connectivity index (χ1) is 12.1. The summed E-state index contributed by atoms with van der Waals surface area (Å²) in [6, 6.07) is 12.3. The first-order valence-electron chi connectivity index (χ1n) is 7.47. The third-order valence-electron chi connectivity index (χ3n) is 3.44. The highest BCUT2D eigenvalue weighted by Crippen LogP contribution is 2.31. The molecule has 0 spiro atoms. The lowest BCUT2D eigenvalue weighted by atomic mass is 10.2. The predicted octanol–water partition coefficient (Wildman–Crippen LogP) is 4.46. The van der Waals surface area contributed by atoms with Crippen LogP contribution in [0.25, 0.3) is 0 Å². The van der Waals surface area contributed by atoms with Crippen molar-refractivity contribution in [1.29, 1.82) is 0 Å². The largest absolute Gasteiger partial charge is 0.348 e. The number of hydrogen-bond donors (Lipinski definition) is 2. The molecule has 0 bridgehead atoms. The Morgan fingerprint density at radius 3 is 2.64 bits per heavy atom. The van der Waals surface area contributed by atoms with Crippen molar-refractivity contribution in [1.82, 2.24) is 15.3 Å². The van der Waals surface area contributed by atoms with Gasteiger partial charge in [-0.05, 0) is 42.0 Å². The zero-order valence-electron chi connectivity index (χ0n) is 13.0. The van der Waals surface area contributed by atoms with Gasteiger partial charge in [0.2, 0.25) is 0 Å². The molecule has 0 radical (unpaired) electrons. The van der Waals surface area contributed by atoms with E-state index in [4.69, 9.17) is 23.2 Å². The smallest absolute Gasteiger partial charge is 0.251 e. The predicted molar refractivity (Wildman–Crippen MR) is 99.4 cm³/mol. The highest BCUT2D eigenvalue weighted by molar-refractivity contribution is 6.43. The molecule has 0 saturated heterocycles. The number of amides is 1. The molecule has 0 atom stereocenters. The molecule has 0 fully saturated rings. The minimum Gasteiger partial charge on any atom is -0.348 e. The second kappa shape index (κ2) is 7.96. The Bertz CT molecular complexity index is 887. The van der Waals surface area contributed by atoms with Crippen molar-refractivity contribution in [3.05, 3.63) is 82.2 Å². The first kappa shape index (κ1) is 17.2. The molecule has 3 aromatic rings. The SMILES string of the molecule is O=C(NCc1ccncc1)c1ccnc(Nc2cccc(Cl)c2Cl)c1. The molecule has 3 rings (SSSR count). The Morgan fingerprint density at radius 1 is 1.04 bits per heavy atom. The number of carbonyl (C=O) groups excluding carboxylic acids is 1. The highest BCUT2D eigenvalue weighted by atomic mass is 35.5. The van der Waals surface area contributed by atoms with Crippen molar-refractivity contribution < 1.29 is 4.79 Å². The lowest BCUT2D eigenvalue weighted by Gasteiger charge is -2.10. The molecule has 126 valence electrons. The van der Waals surface area contributed by atoms with Crippen LogP contribution in [0.15, 0.2) is 61.1 Å². The molecular formula is C18H14Cl2N4O. The summed E-state index contributed by atoms with van der Waals surface area (Å²) in [7, 11) is 0. The molecule has 2 heterocycles. The van der Waals surface area contributed by atoms with Gasteiger partial charge in [0.25, 0.3) is 5.91 Å². The summed E-state index contributed by atoms with van der Waals surface area (Å²) in [6.45, 7) is 0.423. The quantitative estimate of drug-likeness (QED) is 0.693. The van der Waals surface area contributed by atoms with E-state index in [1.807, 2.05) is 12.1 Å². The maximum Gasteiger partial charge on any atom is 0.251 e. The van der Waals surface area contributed by atoms with Crippen LogP contribution in [0.1, 0.15) is 15.9 Å². The van der Waals surface area contributed by atoms with Crippen LogP contribution in [0.5, 0.6) is 0 Å². The van der Waals surface area contributed by atoms with Crippen molar-refractivity contribution in [3.8, 4) is 0 Å². The van der Waals surface area contributed by atoms with E-state index in [0.29, 0.717) is 33.7 Å². The maximum absolute atomic E-state index is 12.3. The number of nitrogens with one attached hydrogen (secondary N) is 2. The van der Waals surface area contributed by atoms with Gasteiger partial charge in [0, 0.05) is 30.7 Å². The number of carbonyl (C=O) groups is 1. The van der Waals surface area contributed by atoms with Crippen LogP contribution in [0.4, 0.5) is 11.5 Å². The van der Waals surface area contributed by atoms with Crippen LogP contribution in [0.3, 0.4) is 0 Å². The lowest BCUT2D eigenvalue weighted by Crippen LogP contribution is -2.22. The average molecular weight is 373 g/mol. The van der Waals surface area contributed by atoms with Crippen molar-refractivity contribution in [2.24, 2.45) is 0 Å². The van der Waals surface area contributed by atoms with Crippen molar-refractivity contribution in [3.63, 3.8) is 0 Å². The molecule has 1 amide bonds. The van der Waals surface area contributed by atoms with E-state index in [1.54, 1.807) is 48.9 Å². The second-order valence-electron chi connectivity index (χ2n) is 5.19. The van der Waals surface area contributed by atoms with E-state index < -0.39 is 0 Å². The van der Waals surface area contributed by atoms with Crippen LogP contribution in [-0.2, 0) is 6.54 Å². The van der Waals surface area contributed by atoms with Gasteiger partial charge in [0.05, 0.1) is 15.7 Å². The van der Waals surface area contributed by atoms with Crippen LogP contribution in [0.2, 0.25) is 10.0 Å². The fourth-order valence-corrected chi connectivity index (χ4v) is 2.51. The van der Waals surface area contributed by atoms with Gasteiger partial charge in [-0.2, -0.15) is 0 Å². The molecule has 25 heavy (non-hydrogen) atoms. The van der Waals surface area contributed by atoms with Crippen molar-refractivity contribution >= 4 is 40.6 Å². The minimum atomic E-state index is -0.195. The lowest BCUT2D eigenvalue weighted by molar-refractivity contribution is 0.0951. The number of benzene rings is 1. The standard InChI is InChI=1S/C18H14Cl2N4O/c19-14-2-1-3-15(17(14)20)24-16-10-13(6-9-22-16)18(25)23-11-12-4-7-21-8-5-12/h1-10H,11H2,(H,22,24)(H,23,25). The fraction of sp³-hybridized carbons (Fsp3) is 0.0556. The molecule has 2 N–H and O–H groups in total. The summed E-state index contributed by atoms with van der Waals surface area (Å²) in [5.74, 6) is 0.306. The molecular weight excluding hydrogens is 359 g/mol. The Hall–Kier alpha value is -2.63. The zero-order valence-corrected chi connectivity index (χ0v) is 14.6. The number of rotatable bonds is 5. The first-order valence-corrected chi connectivity index (χ1v) is 8.23. The summed E-state index contributed by atoms with van der Waals surface area (Å²) >= 11 is 12.2. The van der Waals surface area contributed by atoms with Gasteiger partial charge in [-0.1, -0.05) is 29.3 Å². The number of halogens is 2. The fourth-order valence-electron chi connectivity index (χ4n) is 2.16. The monoisotopic (exact) mass is 372 g/mol. The molecule has 0 unspecified atom stereocenters. The summed E-state index contributed by atoms with van der Waals surface area (Å²) in [6.07, 6.45) is 4.93. The van der Waals surface area contributed by atoms with Crippen molar-refractivity contribution in [2.75, 3.05) is 5.32 Å². The number of nitrogens with zero attached hydrogens (tertiary/aromatic N) is 2. The van der Waals surface area contributed by atoms with Gasteiger partial charge < -0.3 is 10.6 Å². The Morgan fingerprint density at radius 2 is 1.84 bits per heavy atom. The molecule has 0 saturated carbocycles. The van der Waals surface area contributed by atoms with Gasteiger partial charge in [0.1, 0.15) is 5.82 Å². The van der Waals surface area contributed by atoms with Gasteiger partial charge in [-0.25, -0.2) is 4.98 Å². The highest BCUT2D eigenvalue weighted by Gasteiger charge is 2.09. The van der Waals surface area contributed by atoms with Gasteiger partial charge in [-0.3, -0.25) is 9.78 Å². The molecule has 2 aromatic heterocycles. The van der Waals surface area contributed by atoms with Gasteiger partial charge >= 0.3 is 0 Å². The van der Waals surface area contributed by atoms with E-state index in [-0.39, 0.29) is 5.91 Å². The van der Waals surface area contributed by atoms with E-state index in [1.165, 1.54) is 0 Å². The van der Waals surface area contributed by atoms with E-state index in [9.17, 15) is 4.79 Å². The third kappa shape index (κ3) is 4.47. The van der Waals surface area contributed by atoms with E-state index >= 15 is 0 Å². The average Bonchev–Trinajstić information content (AvgIpc) is 2.64. The second-order valence-corrected chi connectivity index (χ2v) is 5.98. The van der Waals surface area contributed by atoms with E-state index in [2.05, 4.69) is 20.6 Å². The zero-order chi connectivity index (χ0) is 17.6. The number of anilines is 2. The van der Waals surface area contributed by atoms with Crippen molar-refractivity contribution in [2.45, 2.75) is 6.54 Å². The number of aromatic nitrogens is 2. The molecule has 0 aliphatic carbocycles. The van der Waals surface area contributed by atoms with Gasteiger partial charge in [0.15, 0.2) is 0 Å². The molecule has 0 aliphatic heterocycles. The number of hydrogen-bond acceptors (Lipinski definition) is 4. The summed E-state index contributed by atoms with van der Waals surface area (Å²) in [4.78, 5) is 20.5. The van der Waals surface area contributed by atoms with Gasteiger partial charge in [-0.15, -0.1) is 0 Å². The van der Waals surface area contributed by atoms with Crippen LogP contribution < -0.4 is 10.6 Å². The molecule has 1 aromatic carbocycles. The van der Waals surface area contributed by atoms with Crippen LogP contribution in [0, 0.1) is 0 Å². The molecule has 7 heteroatoms. The maximum atomic E-state index is 12.3. The molecule has 5 nitrogen and oxygen atoms in total. The topological polar surface area (TPSA) is 66.9 Å². The summed E-state index contributed by atoms with van der Waals surface area (Å²) in [5, 5.41) is 6.77. The Kier molecular flexibility index (Phi) is 5.48. The number of pyridine rings is 2. The van der Waals surface area contributed by atoms with Crippen LogP contribution >= 0.6 is 23.2 Å². The Labute approximate surface area is 155 Å². The normalized spacial score (nSPS) is 10.3. The third-order valence-corrected chi connectivity index (χ3v) is 4.26. The van der Waals surface area contributed by atoms with E-state index in [0.717, 1.165) is 5.56 Å². The Balaban J connectivity index is 1.70. The summed E-state index contributed by atoms with van der Waals surface area (Å²) in [5.41, 5.74) is 2.09. The van der Waals surface area contributed by atoms with Crippen LogP contribution in [-0.4, -0.2) is 15.9 Å². The minimum absolute atomic E-state index is 0.195. The molecule has 0 aliphatic rings.